The molecule has 4 heteroatoms. The molecule has 0 radical (unpaired) electrons. The Bertz CT molecular complexity index is 235. The molecule has 1 heterocycles. The topological polar surface area (TPSA) is 67.6 Å². The van der Waals surface area contributed by atoms with Crippen molar-refractivity contribution in [3.05, 3.63) is 12.2 Å². The average molecular weight is 182 g/mol. The average Bonchev–Trinajstić information content (AvgIpc) is 2.34. The van der Waals surface area contributed by atoms with E-state index in [2.05, 4.69) is 36.0 Å². The Morgan fingerprint density at radius 1 is 1.54 bits per heavy atom. The summed E-state index contributed by atoms with van der Waals surface area (Å²) >= 11 is 0. The highest BCUT2D eigenvalue weighted by Gasteiger charge is 2.16. The van der Waals surface area contributed by atoms with Crippen LogP contribution >= 0.6 is 0 Å². The van der Waals surface area contributed by atoms with E-state index in [1.54, 1.807) is 0 Å². The van der Waals surface area contributed by atoms with Crippen LogP contribution in [0.3, 0.4) is 0 Å². The normalized spacial score (nSPS) is 14.5. The molecule has 0 aromatic carbocycles. The largest absolute Gasteiger partial charge is 0.327 e. The lowest BCUT2D eigenvalue weighted by atomic mass is 9.87. The molecule has 1 unspecified atom stereocenters. The Morgan fingerprint density at radius 2 is 2.23 bits per heavy atom. The van der Waals surface area contributed by atoms with E-state index in [-0.39, 0.29) is 11.5 Å². The lowest BCUT2D eigenvalue weighted by Crippen LogP contribution is -2.28. The minimum absolute atomic E-state index is 0.160. The van der Waals surface area contributed by atoms with Gasteiger partial charge in [-0.2, -0.15) is 5.10 Å². The van der Waals surface area contributed by atoms with Gasteiger partial charge in [0.15, 0.2) is 0 Å². The van der Waals surface area contributed by atoms with Crippen LogP contribution in [0.5, 0.6) is 0 Å². The maximum Gasteiger partial charge on any atom is 0.137 e. The molecule has 1 aromatic rings. The van der Waals surface area contributed by atoms with Crippen LogP contribution in [0.4, 0.5) is 0 Å². The van der Waals surface area contributed by atoms with E-state index < -0.39 is 0 Å². The molecule has 0 aliphatic carbocycles. The lowest BCUT2D eigenvalue weighted by molar-refractivity contribution is 0.336. The van der Waals surface area contributed by atoms with Gasteiger partial charge in [0.05, 0.1) is 0 Å². The van der Waals surface area contributed by atoms with Crippen LogP contribution in [0.15, 0.2) is 6.33 Å². The Labute approximate surface area is 78.9 Å². The molecule has 1 rings (SSSR count). The SMILES string of the molecule is CC(C)(C)CC(N)Cc1ncn[nH]1. The van der Waals surface area contributed by atoms with Crippen molar-refractivity contribution in [2.75, 3.05) is 0 Å². The predicted octanol–water partition coefficient (Wildman–Crippen LogP) is 1.11. The van der Waals surface area contributed by atoms with Crippen molar-refractivity contribution < 1.29 is 0 Å². The van der Waals surface area contributed by atoms with Crippen molar-refractivity contribution in [3.8, 4) is 0 Å². The first kappa shape index (κ1) is 10.2. The molecule has 74 valence electrons. The highest BCUT2D eigenvalue weighted by Crippen LogP contribution is 2.20. The summed E-state index contributed by atoms with van der Waals surface area (Å²) in [4.78, 5) is 4.04. The minimum Gasteiger partial charge on any atom is -0.327 e. The lowest BCUT2D eigenvalue weighted by Gasteiger charge is -2.22. The quantitative estimate of drug-likeness (QED) is 0.735. The van der Waals surface area contributed by atoms with Crippen LogP contribution in [0, 0.1) is 5.41 Å². The number of hydrogen-bond acceptors (Lipinski definition) is 3. The van der Waals surface area contributed by atoms with Crippen molar-refractivity contribution >= 4 is 0 Å². The van der Waals surface area contributed by atoms with Crippen LogP contribution in [0.2, 0.25) is 0 Å². The number of aromatic amines is 1. The zero-order valence-corrected chi connectivity index (χ0v) is 8.54. The summed E-state index contributed by atoms with van der Waals surface area (Å²) in [5.41, 5.74) is 6.24. The van der Waals surface area contributed by atoms with E-state index >= 15 is 0 Å². The third-order valence-corrected chi connectivity index (χ3v) is 1.80. The van der Waals surface area contributed by atoms with E-state index in [0.717, 1.165) is 18.7 Å². The van der Waals surface area contributed by atoms with Crippen LogP contribution in [0.25, 0.3) is 0 Å². The molecular formula is C9H18N4. The fourth-order valence-electron chi connectivity index (χ4n) is 1.44. The van der Waals surface area contributed by atoms with Gasteiger partial charge in [-0.1, -0.05) is 20.8 Å². The van der Waals surface area contributed by atoms with Crippen LogP contribution in [0.1, 0.15) is 33.0 Å². The number of rotatable bonds is 3. The maximum atomic E-state index is 5.96. The van der Waals surface area contributed by atoms with E-state index in [1.807, 2.05) is 0 Å². The van der Waals surface area contributed by atoms with Gasteiger partial charge in [0, 0.05) is 12.5 Å². The summed E-state index contributed by atoms with van der Waals surface area (Å²) in [6, 6.07) is 0.160. The smallest absolute Gasteiger partial charge is 0.137 e. The van der Waals surface area contributed by atoms with Crippen molar-refractivity contribution in [2.24, 2.45) is 11.1 Å². The Morgan fingerprint density at radius 3 is 2.69 bits per heavy atom. The first-order valence-electron chi connectivity index (χ1n) is 4.57. The second kappa shape index (κ2) is 3.87. The standard InChI is InChI=1S/C9H18N4/c1-9(2,3)5-7(10)4-8-11-6-12-13-8/h6-7H,4-5,10H2,1-3H3,(H,11,12,13). The van der Waals surface area contributed by atoms with Crippen molar-refractivity contribution in [1.29, 1.82) is 0 Å². The summed E-state index contributed by atoms with van der Waals surface area (Å²) in [6.45, 7) is 6.56. The van der Waals surface area contributed by atoms with Gasteiger partial charge in [0.25, 0.3) is 0 Å². The third kappa shape index (κ3) is 4.03. The number of H-pyrrole nitrogens is 1. The van der Waals surface area contributed by atoms with E-state index in [0.29, 0.717) is 0 Å². The van der Waals surface area contributed by atoms with Crippen LogP contribution in [-0.2, 0) is 6.42 Å². The first-order chi connectivity index (χ1) is 5.97. The van der Waals surface area contributed by atoms with Gasteiger partial charge in [0.2, 0.25) is 0 Å². The van der Waals surface area contributed by atoms with Gasteiger partial charge < -0.3 is 5.73 Å². The summed E-state index contributed by atoms with van der Waals surface area (Å²) in [7, 11) is 0. The molecule has 13 heavy (non-hydrogen) atoms. The Kier molecular flexibility index (Phi) is 3.03. The molecule has 0 amide bonds. The fraction of sp³-hybridized carbons (Fsp3) is 0.778. The summed E-state index contributed by atoms with van der Waals surface area (Å²) in [5.74, 6) is 0.872. The molecule has 0 bridgehead atoms. The summed E-state index contributed by atoms with van der Waals surface area (Å²) < 4.78 is 0. The van der Waals surface area contributed by atoms with Crippen molar-refractivity contribution in [1.82, 2.24) is 15.2 Å². The zero-order chi connectivity index (χ0) is 9.90. The summed E-state index contributed by atoms with van der Waals surface area (Å²) in [5, 5.41) is 6.59. The number of nitrogens with one attached hydrogen (secondary N) is 1. The highest BCUT2D eigenvalue weighted by molar-refractivity contribution is 4.86. The molecule has 1 aromatic heterocycles. The van der Waals surface area contributed by atoms with Gasteiger partial charge in [-0.05, 0) is 11.8 Å². The molecule has 1 atom stereocenters. The van der Waals surface area contributed by atoms with Gasteiger partial charge in [-0.3, -0.25) is 5.10 Å². The van der Waals surface area contributed by atoms with Gasteiger partial charge in [-0.15, -0.1) is 0 Å². The van der Waals surface area contributed by atoms with Crippen molar-refractivity contribution in [2.45, 2.75) is 39.7 Å². The van der Waals surface area contributed by atoms with E-state index in [9.17, 15) is 0 Å². The van der Waals surface area contributed by atoms with Crippen LogP contribution in [-0.4, -0.2) is 21.2 Å². The molecule has 3 N–H and O–H groups in total. The maximum absolute atomic E-state index is 5.96. The molecule has 0 saturated heterocycles. The van der Waals surface area contributed by atoms with Crippen LogP contribution < -0.4 is 5.73 Å². The van der Waals surface area contributed by atoms with Gasteiger partial charge >= 0.3 is 0 Å². The Hall–Kier alpha value is -0.900. The van der Waals surface area contributed by atoms with Gasteiger partial charge in [-0.25, -0.2) is 4.98 Å². The second-order valence-corrected chi connectivity index (χ2v) is 4.66. The molecule has 0 fully saturated rings. The number of hydrogen-bond donors (Lipinski definition) is 2. The number of nitrogens with two attached hydrogens (primary N) is 1. The minimum atomic E-state index is 0.160. The predicted molar refractivity (Wildman–Crippen MR) is 52.1 cm³/mol. The Balaban J connectivity index is 2.38. The molecular weight excluding hydrogens is 164 g/mol. The van der Waals surface area contributed by atoms with Crippen molar-refractivity contribution in [3.63, 3.8) is 0 Å². The van der Waals surface area contributed by atoms with Gasteiger partial charge in [0.1, 0.15) is 12.2 Å². The monoisotopic (exact) mass is 182 g/mol. The van der Waals surface area contributed by atoms with E-state index in [4.69, 9.17) is 5.73 Å². The third-order valence-electron chi connectivity index (χ3n) is 1.80. The molecule has 0 saturated carbocycles. The zero-order valence-electron chi connectivity index (χ0n) is 8.54. The molecule has 0 spiro atoms. The number of aromatic nitrogens is 3. The van der Waals surface area contributed by atoms with E-state index in [1.165, 1.54) is 6.33 Å². The molecule has 0 aliphatic heterocycles. The highest BCUT2D eigenvalue weighted by atomic mass is 15.2. The molecule has 0 aliphatic rings. The molecule has 4 nitrogen and oxygen atoms in total. The number of nitrogens with zero attached hydrogens (tertiary/aromatic N) is 2. The fourth-order valence-corrected chi connectivity index (χ4v) is 1.44. The first-order valence-corrected chi connectivity index (χ1v) is 4.57. The second-order valence-electron chi connectivity index (χ2n) is 4.66. The summed E-state index contributed by atoms with van der Waals surface area (Å²) in [6.07, 6.45) is 3.28.